The smallest absolute Gasteiger partial charge is 0.313 e. The molecular formula is C17H24FN3O3. The van der Waals surface area contributed by atoms with Crippen molar-refractivity contribution in [2.45, 2.75) is 33.0 Å². The first-order chi connectivity index (χ1) is 11.3. The van der Waals surface area contributed by atoms with Crippen molar-refractivity contribution in [3.05, 3.63) is 29.6 Å². The van der Waals surface area contributed by atoms with E-state index in [-0.39, 0.29) is 18.0 Å². The lowest BCUT2D eigenvalue weighted by Gasteiger charge is -2.35. The molecule has 2 unspecified atom stereocenters. The van der Waals surface area contributed by atoms with Crippen molar-refractivity contribution in [3.8, 4) is 0 Å². The Morgan fingerprint density at radius 2 is 1.92 bits per heavy atom. The highest BCUT2D eigenvalue weighted by molar-refractivity contribution is 6.39. The van der Waals surface area contributed by atoms with Crippen LogP contribution in [0.3, 0.4) is 0 Å². The molecule has 0 saturated carbocycles. The zero-order chi connectivity index (χ0) is 17.7. The van der Waals surface area contributed by atoms with Gasteiger partial charge >= 0.3 is 11.8 Å². The van der Waals surface area contributed by atoms with Gasteiger partial charge in [-0.15, -0.1) is 0 Å². The number of hydrogen-bond acceptors (Lipinski definition) is 4. The van der Waals surface area contributed by atoms with Gasteiger partial charge in [0.05, 0.1) is 12.2 Å². The fourth-order valence-corrected chi connectivity index (χ4v) is 2.79. The highest BCUT2D eigenvalue weighted by atomic mass is 19.1. The summed E-state index contributed by atoms with van der Waals surface area (Å²) in [5.74, 6) is -1.82. The van der Waals surface area contributed by atoms with Crippen molar-refractivity contribution in [2.75, 3.05) is 31.5 Å². The van der Waals surface area contributed by atoms with Crippen LogP contribution in [0.5, 0.6) is 0 Å². The van der Waals surface area contributed by atoms with Crippen LogP contribution in [-0.4, -0.2) is 55.1 Å². The van der Waals surface area contributed by atoms with Crippen LogP contribution < -0.4 is 10.6 Å². The Kier molecular flexibility index (Phi) is 6.28. The van der Waals surface area contributed by atoms with Gasteiger partial charge in [-0.2, -0.15) is 0 Å². The third-order valence-corrected chi connectivity index (χ3v) is 3.83. The van der Waals surface area contributed by atoms with E-state index in [4.69, 9.17) is 4.74 Å². The Morgan fingerprint density at radius 1 is 1.25 bits per heavy atom. The van der Waals surface area contributed by atoms with E-state index in [1.807, 2.05) is 13.8 Å². The fraction of sp³-hybridized carbons (Fsp3) is 0.529. The topological polar surface area (TPSA) is 70.7 Å². The number of morpholine rings is 1. The van der Waals surface area contributed by atoms with E-state index in [2.05, 4.69) is 15.5 Å². The van der Waals surface area contributed by atoms with Crippen molar-refractivity contribution >= 4 is 17.5 Å². The van der Waals surface area contributed by atoms with Crippen LogP contribution in [0.15, 0.2) is 18.2 Å². The summed E-state index contributed by atoms with van der Waals surface area (Å²) in [5, 5.41) is 5.06. The molecule has 132 valence electrons. The lowest BCUT2D eigenvalue weighted by atomic mass is 10.2. The molecule has 1 aromatic rings. The van der Waals surface area contributed by atoms with Crippen LogP contribution in [0.1, 0.15) is 19.4 Å². The molecule has 0 aliphatic carbocycles. The first-order valence-electron chi connectivity index (χ1n) is 8.08. The molecule has 1 aromatic carbocycles. The molecule has 2 rings (SSSR count). The van der Waals surface area contributed by atoms with Gasteiger partial charge in [0.15, 0.2) is 0 Å². The second-order valence-corrected chi connectivity index (χ2v) is 6.19. The van der Waals surface area contributed by atoms with E-state index >= 15 is 0 Å². The number of amides is 2. The maximum atomic E-state index is 13.2. The second kappa shape index (κ2) is 8.21. The molecule has 1 aliphatic rings. The summed E-state index contributed by atoms with van der Waals surface area (Å²) in [5.41, 5.74) is 0.800. The SMILES string of the molecule is Cc1cc(NC(=O)C(=O)NCCN2CC(C)OC(C)C2)ccc1F. The Bertz CT molecular complexity index is 599. The first kappa shape index (κ1) is 18.4. The van der Waals surface area contributed by atoms with Crippen LogP contribution in [0.2, 0.25) is 0 Å². The van der Waals surface area contributed by atoms with Gasteiger partial charge in [-0.05, 0) is 44.5 Å². The average molecular weight is 337 g/mol. The van der Waals surface area contributed by atoms with Crippen LogP contribution in [-0.2, 0) is 14.3 Å². The van der Waals surface area contributed by atoms with Crippen molar-refractivity contribution in [1.82, 2.24) is 10.2 Å². The summed E-state index contributed by atoms with van der Waals surface area (Å²) in [6.45, 7) is 8.28. The standard InChI is InChI=1S/C17H24FN3O3/c1-11-8-14(4-5-15(11)18)20-17(23)16(22)19-6-7-21-9-12(2)24-13(3)10-21/h4-5,8,12-13H,6-7,9-10H2,1-3H3,(H,19,22)(H,20,23). The number of anilines is 1. The van der Waals surface area contributed by atoms with E-state index in [1.54, 1.807) is 6.92 Å². The molecule has 24 heavy (non-hydrogen) atoms. The molecular weight excluding hydrogens is 313 g/mol. The zero-order valence-corrected chi connectivity index (χ0v) is 14.3. The molecule has 1 saturated heterocycles. The van der Waals surface area contributed by atoms with Crippen LogP contribution in [0, 0.1) is 12.7 Å². The monoisotopic (exact) mass is 337 g/mol. The van der Waals surface area contributed by atoms with Gasteiger partial charge in [-0.25, -0.2) is 4.39 Å². The highest BCUT2D eigenvalue weighted by Gasteiger charge is 2.22. The number of nitrogens with one attached hydrogen (secondary N) is 2. The molecule has 2 amide bonds. The Balaban J connectivity index is 1.75. The Labute approximate surface area is 141 Å². The third kappa shape index (κ3) is 5.28. The maximum absolute atomic E-state index is 13.2. The van der Waals surface area contributed by atoms with E-state index in [0.29, 0.717) is 24.3 Å². The number of aryl methyl sites for hydroxylation is 1. The number of hydrogen-bond donors (Lipinski definition) is 2. The molecule has 2 N–H and O–H groups in total. The number of carbonyl (C=O) groups is 2. The quantitative estimate of drug-likeness (QED) is 0.813. The lowest BCUT2D eigenvalue weighted by Crippen LogP contribution is -2.48. The van der Waals surface area contributed by atoms with Gasteiger partial charge in [-0.1, -0.05) is 0 Å². The summed E-state index contributed by atoms with van der Waals surface area (Å²) in [6, 6.07) is 4.16. The van der Waals surface area contributed by atoms with Gasteiger partial charge in [0.2, 0.25) is 0 Å². The molecule has 2 atom stereocenters. The van der Waals surface area contributed by atoms with Gasteiger partial charge < -0.3 is 15.4 Å². The highest BCUT2D eigenvalue weighted by Crippen LogP contribution is 2.13. The number of ether oxygens (including phenoxy) is 1. The normalized spacial score (nSPS) is 21.3. The first-order valence-corrected chi connectivity index (χ1v) is 8.08. The minimum absolute atomic E-state index is 0.162. The van der Waals surface area contributed by atoms with Gasteiger partial charge in [0, 0.05) is 31.9 Å². The summed E-state index contributed by atoms with van der Waals surface area (Å²) < 4.78 is 18.8. The van der Waals surface area contributed by atoms with Crippen LogP contribution >= 0.6 is 0 Å². The van der Waals surface area contributed by atoms with E-state index in [9.17, 15) is 14.0 Å². The van der Waals surface area contributed by atoms with Crippen molar-refractivity contribution in [2.24, 2.45) is 0 Å². The summed E-state index contributed by atoms with van der Waals surface area (Å²) >= 11 is 0. The Morgan fingerprint density at radius 3 is 2.54 bits per heavy atom. The molecule has 6 nitrogen and oxygen atoms in total. The number of rotatable bonds is 4. The molecule has 7 heteroatoms. The lowest BCUT2D eigenvalue weighted by molar-refractivity contribution is -0.136. The molecule has 0 radical (unpaired) electrons. The van der Waals surface area contributed by atoms with Gasteiger partial charge in [-0.3, -0.25) is 14.5 Å². The molecule has 0 spiro atoms. The predicted octanol–water partition coefficient (Wildman–Crippen LogP) is 1.30. The molecule has 1 fully saturated rings. The van der Waals surface area contributed by atoms with Crippen molar-refractivity contribution in [3.63, 3.8) is 0 Å². The molecule has 0 bridgehead atoms. The van der Waals surface area contributed by atoms with Gasteiger partial charge in [0.25, 0.3) is 0 Å². The average Bonchev–Trinajstić information content (AvgIpc) is 2.50. The van der Waals surface area contributed by atoms with E-state index in [1.165, 1.54) is 18.2 Å². The summed E-state index contributed by atoms with van der Waals surface area (Å²) in [7, 11) is 0. The third-order valence-electron chi connectivity index (χ3n) is 3.83. The van der Waals surface area contributed by atoms with E-state index in [0.717, 1.165) is 13.1 Å². The predicted molar refractivity (Wildman–Crippen MR) is 89.2 cm³/mol. The maximum Gasteiger partial charge on any atom is 0.313 e. The van der Waals surface area contributed by atoms with Crippen molar-refractivity contribution < 1.29 is 18.7 Å². The van der Waals surface area contributed by atoms with E-state index < -0.39 is 11.8 Å². The summed E-state index contributed by atoms with van der Waals surface area (Å²) in [4.78, 5) is 25.9. The van der Waals surface area contributed by atoms with Crippen molar-refractivity contribution in [1.29, 1.82) is 0 Å². The summed E-state index contributed by atoms with van der Waals surface area (Å²) in [6.07, 6.45) is 0.323. The zero-order valence-electron chi connectivity index (χ0n) is 14.3. The minimum Gasteiger partial charge on any atom is -0.373 e. The Hall–Kier alpha value is -1.99. The van der Waals surface area contributed by atoms with Crippen LogP contribution in [0.4, 0.5) is 10.1 Å². The van der Waals surface area contributed by atoms with Gasteiger partial charge in [0.1, 0.15) is 5.82 Å². The second-order valence-electron chi connectivity index (χ2n) is 6.19. The molecule has 1 aliphatic heterocycles. The molecule has 0 aromatic heterocycles. The number of benzene rings is 1. The van der Waals surface area contributed by atoms with Crippen LogP contribution in [0.25, 0.3) is 0 Å². The fourth-order valence-electron chi connectivity index (χ4n) is 2.79. The number of nitrogens with zero attached hydrogens (tertiary/aromatic N) is 1. The molecule has 1 heterocycles. The number of carbonyl (C=O) groups excluding carboxylic acids is 2. The largest absolute Gasteiger partial charge is 0.373 e. The number of halogens is 1. The minimum atomic E-state index is -0.760.